The van der Waals surface area contributed by atoms with Crippen molar-refractivity contribution < 1.29 is 9.90 Å². The number of carboxylic acid groups (broad SMARTS) is 1. The van der Waals surface area contributed by atoms with E-state index in [1.807, 2.05) is 0 Å². The quantitative estimate of drug-likeness (QED) is 0.638. The second kappa shape index (κ2) is 3.93. The first-order valence-electron chi connectivity index (χ1n) is 4.57. The normalized spacial score (nSPS) is 13.6. The average molecular weight is 218 g/mol. The molecule has 6 nitrogen and oxygen atoms in total. The number of aromatic carboxylic acids is 1. The SMILES string of the molecule is Nc1cccc(C(=O)O)c1N1N=CC=CN1. The van der Waals surface area contributed by atoms with Gasteiger partial charge in [-0.05, 0) is 18.2 Å². The summed E-state index contributed by atoms with van der Waals surface area (Å²) < 4.78 is 0. The fraction of sp³-hybridized carbons (Fsp3) is 0. The Labute approximate surface area is 91.6 Å². The van der Waals surface area contributed by atoms with Crippen LogP contribution in [0.5, 0.6) is 0 Å². The molecule has 6 heteroatoms. The Balaban J connectivity index is 2.49. The lowest BCUT2D eigenvalue weighted by Crippen LogP contribution is -2.32. The van der Waals surface area contributed by atoms with Crippen LogP contribution in [0.2, 0.25) is 0 Å². The molecule has 82 valence electrons. The van der Waals surface area contributed by atoms with Gasteiger partial charge >= 0.3 is 5.97 Å². The molecule has 0 fully saturated rings. The van der Waals surface area contributed by atoms with Gasteiger partial charge in [0.1, 0.15) is 5.69 Å². The predicted molar refractivity (Wildman–Crippen MR) is 61.1 cm³/mol. The molecule has 0 saturated carbocycles. The molecular formula is C10H10N4O2. The van der Waals surface area contributed by atoms with E-state index in [9.17, 15) is 4.79 Å². The highest BCUT2D eigenvalue weighted by atomic mass is 16.4. The van der Waals surface area contributed by atoms with E-state index in [2.05, 4.69) is 10.5 Å². The molecule has 16 heavy (non-hydrogen) atoms. The van der Waals surface area contributed by atoms with Crippen LogP contribution < -0.4 is 16.3 Å². The molecule has 1 aliphatic rings. The first-order valence-corrected chi connectivity index (χ1v) is 4.57. The number of hydrogen-bond donors (Lipinski definition) is 3. The number of nitrogens with zero attached hydrogens (tertiary/aromatic N) is 2. The van der Waals surface area contributed by atoms with Gasteiger partial charge in [0.25, 0.3) is 0 Å². The van der Waals surface area contributed by atoms with E-state index in [-0.39, 0.29) is 5.56 Å². The average Bonchev–Trinajstić information content (AvgIpc) is 2.29. The molecular weight excluding hydrogens is 208 g/mol. The highest BCUT2D eigenvalue weighted by Gasteiger charge is 2.18. The molecule has 1 aliphatic heterocycles. The van der Waals surface area contributed by atoms with Gasteiger partial charge in [-0.15, -0.1) is 0 Å². The third-order valence-electron chi connectivity index (χ3n) is 2.07. The number of nitrogens with one attached hydrogen (secondary N) is 1. The van der Waals surface area contributed by atoms with Gasteiger partial charge in [-0.2, -0.15) is 10.2 Å². The second-order valence-corrected chi connectivity index (χ2v) is 3.11. The number of benzene rings is 1. The molecule has 0 aromatic heterocycles. The number of hydrazone groups is 1. The van der Waals surface area contributed by atoms with E-state index in [0.717, 1.165) is 0 Å². The number of anilines is 2. The smallest absolute Gasteiger partial charge is 0.338 e. The summed E-state index contributed by atoms with van der Waals surface area (Å²) in [5.41, 5.74) is 9.30. The number of allylic oxidation sites excluding steroid dienone is 1. The number of carboxylic acids is 1. The fourth-order valence-electron chi connectivity index (χ4n) is 1.39. The Morgan fingerprint density at radius 2 is 2.31 bits per heavy atom. The summed E-state index contributed by atoms with van der Waals surface area (Å²) in [5.74, 6) is -1.05. The molecule has 0 unspecified atom stereocenters. The summed E-state index contributed by atoms with van der Waals surface area (Å²) >= 11 is 0. The molecule has 4 N–H and O–H groups in total. The summed E-state index contributed by atoms with van der Waals surface area (Å²) in [5, 5.41) is 14.3. The molecule has 1 heterocycles. The van der Waals surface area contributed by atoms with Gasteiger partial charge in [-0.1, -0.05) is 6.07 Å². The summed E-state index contributed by atoms with van der Waals surface area (Å²) in [4.78, 5) is 11.0. The van der Waals surface area contributed by atoms with E-state index in [0.29, 0.717) is 11.4 Å². The number of carbonyl (C=O) groups is 1. The van der Waals surface area contributed by atoms with Gasteiger partial charge < -0.3 is 10.8 Å². The molecule has 1 aromatic carbocycles. The largest absolute Gasteiger partial charge is 0.478 e. The van der Waals surface area contributed by atoms with Gasteiger partial charge in [0, 0.05) is 6.20 Å². The Morgan fingerprint density at radius 1 is 1.50 bits per heavy atom. The number of hydrogen-bond acceptors (Lipinski definition) is 5. The molecule has 0 spiro atoms. The van der Waals surface area contributed by atoms with Crippen LogP contribution in [0.4, 0.5) is 11.4 Å². The summed E-state index contributed by atoms with van der Waals surface area (Å²) in [6.07, 6.45) is 4.86. The lowest BCUT2D eigenvalue weighted by Gasteiger charge is -2.23. The summed E-state index contributed by atoms with van der Waals surface area (Å²) in [7, 11) is 0. The Bertz CT molecular complexity index is 482. The van der Waals surface area contributed by atoms with Gasteiger partial charge in [-0.3, -0.25) is 5.43 Å². The lowest BCUT2D eigenvalue weighted by atomic mass is 10.1. The van der Waals surface area contributed by atoms with Crippen molar-refractivity contribution in [2.24, 2.45) is 5.10 Å². The Morgan fingerprint density at radius 3 is 2.94 bits per heavy atom. The Hall–Kier alpha value is -2.50. The zero-order valence-corrected chi connectivity index (χ0v) is 8.29. The molecule has 0 amide bonds. The maximum Gasteiger partial charge on any atom is 0.338 e. The third-order valence-corrected chi connectivity index (χ3v) is 2.07. The van der Waals surface area contributed by atoms with Crippen LogP contribution in [0.15, 0.2) is 35.6 Å². The first kappa shape index (κ1) is 10.0. The van der Waals surface area contributed by atoms with Crippen molar-refractivity contribution in [3.05, 3.63) is 36.0 Å². The lowest BCUT2D eigenvalue weighted by molar-refractivity contribution is 0.0697. The van der Waals surface area contributed by atoms with Crippen LogP contribution in [0, 0.1) is 0 Å². The zero-order valence-electron chi connectivity index (χ0n) is 8.29. The number of para-hydroxylation sites is 1. The minimum Gasteiger partial charge on any atom is -0.478 e. The highest BCUT2D eigenvalue weighted by molar-refractivity contribution is 5.98. The van der Waals surface area contributed by atoms with Crippen molar-refractivity contribution >= 4 is 23.6 Å². The van der Waals surface area contributed by atoms with Crippen LogP contribution in [0.1, 0.15) is 10.4 Å². The number of nitrogen functional groups attached to an aromatic ring is 1. The topological polar surface area (TPSA) is 91.0 Å². The van der Waals surface area contributed by atoms with Crippen LogP contribution in [0.25, 0.3) is 0 Å². The third kappa shape index (κ3) is 1.68. The minimum atomic E-state index is -1.05. The van der Waals surface area contributed by atoms with Crippen LogP contribution >= 0.6 is 0 Å². The Kier molecular flexibility index (Phi) is 2.47. The van der Waals surface area contributed by atoms with Crippen molar-refractivity contribution in [3.63, 3.8) is 0 Å². The standard InChI is InChI=1S/C10H10N4O2/c11-8-4-1-3-7(10(15)16)9(8)14-12-5-2-6-13-14/h1-6,12H,11H2,(H,15,16). The molecule has 2 rings (SSSR count). The molecule has 0 radical (unpaired) electrons. The van der Waals surface area contributed by atoms with E-state index in [4.69, 9.17) is 10.8 Å². The van der Waals surface area contributed by atoms with Crippen molar-refractivity contribution in [3.8, 4) is 0 Å². The predicted octanol–water partition coefficient (Wildman–Crippen LogP) is 0.791. The van der Waals surface area contributed by atoms with Crippen LogP contribution in [-0.2, 0) is 0 Å². The van der Waals surface area contributed by atoms with Gasteiger partial charge in [0.05, 0.1) is 17.5 Å². The molecule has 0 saturated heterocycles. The number of hydrazine groups is 1. The minimum absolute atomic E-state index is 0.0972. The maximum atomic E-state index is 11.0. The number of nitrogens with two attached hydrogens (primary N) is 1. The van der Waals surface area contributed by atoms with Crippen molar-refractivity contribution in [2.45, 2.75) is 0 Å². The van der Waals surface area contributed by atoms with Gasteiger partial charge in [0.15, 0.2) is 0 Å². The van der Waals surface area contributed by atoms with Crippen molar-refractivity contribution in [2.75, 3.05) is 10.9 Å². The van der Waals surface area contributed by atoms with Crippen LogP contribution in [-0.4, -0.2) is 17.3 Å². The fourth-order valence-corrected chi connectivity index (χ4v) is 1.39. The molecule has 0 aliphatic carbocycles. The van der Waals surface area contributed by atoms with Crippen LogP contribution in [0.3, 0.4) is 0 Å². The van der Waals surface area contributed by atoms with E-state index in [1.165, 1.54) is 17.4 Å². The van der Waals surface area contributed by atoms with E-state index in [1.54, 1.807) is 24.4 Å². The first-order chi connectivity index (χ1) is 7.70. The zero-order chi connectivity index (χ0) is 11.5. The van der Waals surface area contributed by atoms with Gasteiger partial charge in [-0.25, -0.2) is 4.79 Å². The highest BCUT2D eigenvalue weighted by Crippen LogP contribution is 2.27. The monoisotopic (exact) mass is 218 g/mol. The summed E-state index contributed by atoms with van der Waals surface area (Å²) in [6.45, 7) is 0. The van der Waals surface area contributed by atoms with Gasteiger partial charge in [0.2, 0.25) is 0 Å². The van der Waals surface area contributed by atoms with Crippen molar-refractivity contribution in [1.29, 1.82) is 0 Å². The van der Waals surface area contributed by atoms with E-state index >= 15 is 0 Å². The molecule has 0 atom stereocenters. The maximum absolute atomic E-state index is 11.0. The summed E-state index contributed by atoms with van der Waals surface area (Å²) in [6, 6.07) is 4.69. The van der Waals surface area contributed by atoms with E-state index < -0.39 is 5.97 Å². The molecule has 0 bridgehead atoms. The number of rotatable bonds is 2. The molecule has 1 aromatic rings. The second-order valence-electron chi connectivity index (χ2n) is 3.11. The van der Waals surface area contributed by atoms with Crippen molar-refractivity contribution in [1.82, 2.24) is 5.43 Å².